The lowest BCUT2D eigenvalue weighted by atomic mass is 9.85. The van der Waals surface area contributed by atoms with Crippen molar-refractivity contribution in [2.75, 3.05) is 0 Å². The van der Waals surface area contributed by atoms with Crippen LogP contribution < -0.4 is 4.57 Å². The van der Waals surface area contributed by atoms with Crippen molar-refractivity contribution in [3.8, 4) is 0 Å². The van der Waals surface area contributed by atoms with Gasteiger partial charge in [0.05, 0.1) is 15.9 Å². The highest BCUT2D eigenvalue weighted by Crippen LogP contribution is 2.32. The van der Waals surface area contributed by atoms with Crippen LogP contribution in [-0.2, 0) is 13.6 Å². The number of unbranched alkanes of at least 4 members (excludes halogenated alkanes) is 2. The summed E-state index contributed by atoms with van der Waals surface area (Å²) in [5, 5.41) is 2.12. The fourth-order valence-corrected chi connectivity index (χ4v) is 5.11. The molecule has 1 fully saturated rings. The van der Waals surface area contributed by atoms with Gasteiger partial charge in [0.25, 0.3) is 0 Å². The second-order valence-electron chi connectivity index (χ2n) is 7.99. The molecule has 0 amide bonds. The number of aromatic nitrogens is 2. The molecule has 0 atom stereocenters. The van der Waals surface area contributed by atoms with Gasteiger partial charge < -0.3 is 4.57 Å². The summed E-state index contributed by atoms with van der Waals surface area (Å²) in [4.78, 5) is 0. The number of benzene rings is 1. The van der Waals surface area contributed by atoms with Gasteiger partial charge >= 0.3 is 0 Å². The molecule has 2 aromatic heterocycles. The first-order valence-corrected chi connectivity index (χ1v) is 10.7. The molecule has 2 nitrogen and oxygen atoms in total. The first kappa shape index (κ1) is 17.9. The van der Waals surface area contributed by atoms with Crippen molar-refractivity contribution >= 4 is 33.5 Å². The van der Waals surface area contributed by atoms with Gasteiger partial charge in [-0.3, -0.25) is 0 Å². The van der Waals surface area contributed by atoms with Crippen LogP contribution in [0.15, 0.2) is 36.5 Å². The summed E-state index contributed by atoms with van der Waals surface area (Å²) in [6.07, 6.45) is 14.8. The van der Waals surface area contributed by atoms with E-state index >= 15 is 0 Å². The Morgan fingerprint density at radius 1 is 1.04 bits per heavy atom. The first-order valence-electron chi connectivity index (χ1n) is 10.3. The molecular formula is C23H30ClN2+. The monoisotopic (exact) mass is 369 g/mol. The van der Waals surface area contributed by atoms with E-state index in [0.29, 0.717) is 0 Å². The van der Waals surface area contributed by atoms with Crippen LogP contribution in [-0.4, -0.2) is 4.57 Å². The zero-order valence-corrected chi connectivity index (χ0v) is 16.6. The van der Waals surface area contributed by atoms with E-state index in [9.17, 15) is 0 Å². The molecule has 4 rings (SSSR count). The molecule has 0 unspecified atom stereocenters. The lowest BCUT2D eigenvalue weighted by Crippen LogP contribution is -2.27. The number of pyridine rings is 1. The van der Waals surface area contributed by atoms with Crippen LogP contribution in [0.1, 0.15) is 57.8 Å². The molecule has 26 heavy (non-hydrogen) atoms. The molecular weight excluding hydrogens is 340 g/mol. The summed E-state index contributed by atoms with van der Waals surface area (Å²) in [5.41, 5.74) is 3.77. The number of hydrogen-bond donors (Lipinski definition) is 0. The highest BCUT2D eigenvalue weighted by Gasteiger charge is 2.19. The number of para-hydroxylation sites is 1. The maximum atomic E-state index is 6.60. The van der Waals surface area contributed by atoms with Crippen LogP contribution in [0.4, 0.5) is 0 Å². The van der Waals surface area contributed by atoms with E-state index < -0.39 is 0 Å². The lowest BCUT2D eigenvalue weighted by molar-refractivity contribution is -0.644. The SMILES string of the molecule is C[n+]1cccc2c1c1cccc(Cl)c1n2CCCCCC1CCCCC1. The van der Waals surface area contributed by atoms with Gasteiger partial charge in [-0.1, -0.05) is 69.0 Å². The van der Waals surface area contributed by atoms with E-state index in [1.165, 1.54) is 79.7 Å². The van der Waals surface area contributed by atoms with E-state index in [4.69, 9.17) is 11.6 Å². The van der Waals surface area contributed by atoms with E-state index in [1.807, 2.05) is 6.07 Å². The maximum Gasteiger partial charge on any atom is 0.238 e. The molecule has 3 aromatic rings. The van der Waals surface area contributed by atoms with Gasteiger partial charge in [0.2, 0.25) is 5.52 Å². The standard InChI is InChI=1S/C23H30ClN2/c1-25-16-9-15-21-23(25)19-13-8-14-20(24)22(19)26(21)17-7-3-6-12-18-10-4-2-5-11-18/h8-9,13-16,18H,2-7,10-12,17H2,1H3/q+1. The minimum atomic E-state index is 0.862. The van der Waals surface area contributed by atoms with Gasteiger partial charge in [0.1, 0.15) is 12.6 Å². The first-order chi connectivity index (χ1) is 12.8. The summed E-state index contributed by atoms with van der Waals surface area (Å²) in [6, 6.07) is 10.6. The average molecular weight is 370 g/mol. The Morgan fingerprint density at radius 3 is 2.73 bits per heavy atom. The average Bonchev–Trinajstić information content (AvgIpc) is 2.99. The van der Waals surface area contributed by atoms with Crippen molar-refractivity contribution in [2.45, 2.75) is 64.3 Å². The normalized spacial score (nSPS) is 15.9. The van der Waals surface area contributed by atoms with Crippen LogP contribution in [0, 0.1) is 5.92 Å². The van der Waals surface area contributed by atoms with Crippen molar-refractivity contribution in [1.29, 1.82) is 0 Å². The largest absolute Gasteiger partial charge is 0.334 e. The Bertz CT molecular complexity index is 890. The highest BCUT2D eigenvalue weighted by molar-refractivity contribution is 6.36. The molecule has 2 heterocycles. The molecule has 1 saturated carbocycles. The predicted octanol–water partition coefficient (Wildman–Crippen LogP) is 6.41. The second kappa shape index (κ2) is 8.00. The Morgan fingerprint density at radius 2 is 1.88 bits per heavy atom. The number of hydrogen-bond acceptors (Lipinski definition) is 0. The summed E-state index contributed by atoms with van der Waals surface area (Å²) in [5.74, 6) is 1.01. The smallest absolute Gasteiger partial charge is 0.238 e. The van der Waals surface area contributed by atoms with Gasteiger partial charge in [-0.25, -0.2) is 0 Å². The van der Waals surface area contributed by atoms with Gasteiger partial charge in [0.15, 0.2) is 6.20 Å². The number of halogens is 1. The fourth-order valence-electron chi connectivity index (χ4n) is 4.83. The van der Waals surface area contributed by atoms with Gasteiger partial charge in [-0.05, 0) is 30.5 Å². The molecule has 0 saturated heterocycles. The third kappa shape index (κ3) is 3.49. The second-order valence-corrected chi connectivity index (χ2v) is 8.40. The Balaban J connectivity index is 1.49. The third-order valence-electron chi connectivity index (χ3n) is 6.18. The van der Waals surface area contributed by atoms with E-state index in [1.54, 1.807) is 0 Å². The molecule has 3 heteroatoms. The quantitative estimate of drug-likeness (QED) is 0.350. The van der Waals surface area contributed by atoms with Crippen molar-refractivity contribution in [2.24, 2.45) is 13.0 Å². The minimum Gasteiger partial charge on any atom is -0.334 e. The summed E-state index contributed by atoms with van der Waals surface area (Å²) < 4.78 is 4.65. The summed E-state index contributed by atoms with van der Waals surface area (Å²) in [6.45, 7) is 1.05. The zero-order valence-electron chi connectivity index (χ0n) is 15.9. The van der Waals surface area contributed by atoms with Crippen LogP contribution in [0.5, 0.6) is 0 Å². The van der Waals surface area contributed by atoms with Crippen molar-refractivity contribution < 1.29 is 4.57 Å². The third-order valence-corrected chi connectivity index (χ3v) is 6.49. The lowest BCUT2D eigenvalue weighted by Gasteiger charge is -2.21. The van der Waals surface area contributed by atoms with Crippen molar-refractivity contribution in [3.05, 3.63) is 41.6 Å². The maximum absolute atomic E-state index is 6.60. The Labute approximate surface area is 161 Å². The van der Waals surface area contributed by atoms with Crippen LogP contribution in [0.2, 0.25) is 5.02 Å². The summed E-state index contributed by atoms with van der Waals surface area (Å²) >= 11 is 6.60. The Hall–Kier alpha value is -1.54. The van der Waals surface area contributed by atoms with E-state index in [2.05, 4.69) is 46.6 Å². The molecule has 1 aliphatic carbocycles. The van der Waals surface area contributed by atoms with Crippen molar-refractivity contribution in [3.63, 3.8) is 0 Å². The molecule has 1 aromatic carbocycles. The van der Waals surface area contributed by atoms with Crippen LogP contribution >= 0.6 is 11.6 Å². The van der Waals surface area contributed by atoms with E-state index in [0.717, 1.165) is 17.5 Å². The minimum absolute atomic E-state index is 0.862. The molecule has 1 aliphatic rings. The molecule has 0 aliphatic heterocycles. The van der Waals surface area contributed by atoms with Gasteiger partial charge in [-0.2, -0.15) is 4.57 Å². The van der Waals surface area contributed by atoms with Crippen LogP contribution in [0.25, 0.3) is 21.9 Å². The highest BCUT2D eigenvalue weighted by atomic mass is 35.5. The number of nitrogens with zero attached hydrogens (tertiary/aromatic N) is 2. The number of rotatable bonds is 6. The molecule has 0 radical (unpaired) electrons. The van der Waals surface area contributed by atoms with Crippen LogP contribution in [0.3, 0.4) is 0 Å². The molecule has 0 bridgehead atoms. The predicted molar refractivity (Wildman–Crippen MR) is 111 cm³/mol. The zero-order chi connectivity index (χ0) is 17.9. The summed E-state index contributed by atoms with van der Waals surface area (Å²) in [7, 11) is 2.12. The topological polar surface area (TPSA) is 8.81 Å². The molecule has 138 valence electrons. The number of aryl methyl sites for hydroxylation is 2. The van der Waals surface area contributed by atoms with Gasteiger partial charge in [0, 0.05) is 12.6 Å². The Kier molecular flexibility index (Phi) is 5.49. The number of fused-ring (bicyclic) bond motifs is 3. The van der Waals surface area contributed by atoms with E-state index in [-0.39, 0.29) is 0 Å². The molecule has 0 spiro atoms. The van der Waals surface area contributed by atoms with Gasteiger partial charge in [-0.15, -0.1) is 0 Å². The van der Waals surface area contributed by atoms with Crippen molar-refractivity contribution in [1.82, 2.24) is 4.57 Å². The molecule has 0 N–H and O–H groups in total. The fraction of sp³-hybridized carbons (Fsp3) is 0.522.